The molecule has 1 heterocycles. The van der Waals surface area contributed by atoms with Crippen molar-refractivity contribution in [2.24, 2.45) is 0 Å². The minimum Gasteiger partial charge on any atom is -0.444 e. The van der Waals surface area contributed by atoms with E-state index in [9.17, 15) is 19.2 Å². The van der Waals surface area contributed by atoms with Crippen molar-refractivity contribution in [3.63, 3.8) is 0 Å². The molecule has 0 aliphatic carbocycles. The summed E-state index contributed by atoms with van der Waals surface area (Å²) in [4.78, 5) is 28.4. The van der Waals surface area contributed by atoms with Gasteiger partial charge in [-0.25, -0.2) is 9.18 Å². The topological polar surface area (TPSA) is 85.7 Å². The van der Waals surface area contributed by atoms with Gasteiger partial charge in [0.05, 0.1) is 16.9 Å². The lowest BCUT2D eigenvalue weighted by atomic mass is 10.1. The molecule has 0 unspecified atom stereocenters. The van der Waals surface area contributed by atoms with E-state index in [2.05, 4.69) is 11.4 Å². The average Bonchev–Trinajstić information content (AvgIpc) is 2.73. The zero-order valence-corrected chi connectivity index (χ0v) is 17.8. The predicted octanol–water partition coefficient (Wildman–Crippen LogP) is 4.01. The summed E-state index contributed by atoms with van der Waals surface area (Å²) >= 11 is 0. The highest BCUT2D eigenvalue weighted by Crippen LogP contribution is 2.28. The summed E-state index contributed by atoms with van der Waals surface area (Å²) in [6, 6.07) is 12.6. The molecule has 1 saturated heterocycles. The molecule has 8 heteroatoms. The van der Waals surface area contributed by atoms with Gasteiger partial charge in [-0.2, -0.15) is 5.26 Å². The number of amides is 2. The maximum Gasteiger partial charge on any atom is 0.410 e. The second-order valence-electron chi connectivity index (χ2n) is 8.23. The van der Waals surface area contributed by atoms with Gasteiger partial charge in [-0.15, -0.1) is 0 Å². The Kier molecular flexibility index (Phi) is 6.44. The van der Waals surface area contributed by atoms with Crippen molar-refractivity contribution < 1.29 is 18.7 Å². The van der Waals surface area contributed by atoms with E-state index in [1.165, 1.54) is 24.3 Å². The van der Waals surface area contributed by atoms with Crippen molar-refractivity contribution in [1.29, 1.82) is 5.26 Å². The van der Waals surface area contributed by atoms with Gasteiger partial charge in [-0.3, -0.25) is 4.79 Å². The van der Waals surface area contributed by atoms with E-state index in [0.29, 0.717) is 48.7 Å². The van der Waals surface area contributed by atoms with Crippen LogP contribution in [0.5, 0.6) is 0 Å². The molecule has 7 nitrogen and oxygen atoms in total. The SMILES string of the molecule is CC(C)(C)OC(=O)N1CCN(c2cccc(NC(=O)c3ccc(F)cc3)c2C#N)CC1. The van der Waals surface area contributed by atoms with Gasteiger partial charge in [0.15, 0.2) is 0 Å². The minimum absolute atomic E-state index is 0.293. The third kappa shape index (κ3) is 5.51. The molecule has 0 saturated carbocycles. The Morgan fingerprint density at radius 2 is 1.71 bits per heavy atom. The van der Waals surface area contributed by atoms with Crippen LogP contribution >= 0.6 is 0 Å². The van der Waals surface area contributed by atoms with E-state index < -0.39 is 17.3 Å². The van der Waals surface area contributed by atoms with E-state index in [-0.39, 0.29) is 6.09 Å². The van der Waals surface area contributed by atoms with Crippen molar-refractivity contribution in [1.82, 2.24) is 4.90 Å². The number of benzene rings is 2. The number of carbonyl (C=O) groups excluding carboxylic acids is 2. The van der Waals surface area contributed by atoms with Crippen LogP contribution in [0, 0.1) is 17.1 Å². The zero-order valence-electron chi connectivity index (χ0n) is 17.8. The van der Waals surface area contributed by atoms with E-state index >= 15 is 0 Å². The summed E-state index contributed by atoms with van der Waals surface area (Å²) in [6.45, 7) is 7.47. The normalized spacial score (nSPS) is 14.0. The summed E-state index contributed by atoms with van der Waals surface area (Å²) in [5.41, 5.74) is 1.14. The van der Waals surface area contributed by atoms with Gasteiger partial charge >= 0.3 is 6.09 Å². The lowest BCUT2D eigenvalue weighted by Crippen LogP contribution is -2.50. The third-order valence-electron chi connectivity index (χ3n) is 4.78. The van der Waals surface area contributed by atoms with E-state index in [0.717, 1.165) is 0 Å². The summed E-state index contributed by atoms with van der Waals surface area (Å²) in [6.07, 6.45) is -0.354. The van der Waals surface area contributed by atoms with E-state index in [1.54, 1.807) is 17.0 Å². The van der Waals surface area contributed by atoms with Gasteiger partial charge in [-0.1, -0.05) is 6.07 Å². The molecule has 31 heavy (non-hydrogen) atoms. The molecule has 2 aromatic carbocycles. The highest BCUT2D eigenvalue weighted by molar-refractivity contribution is 6.05. The number of piperazine rings is 1. The third-order valence-corrected chi connectivity index (χ3v) is 4.78. The molecule has 1 aliphatic rings. The number of rotatable bonds is 3. The maximum atomic E-state index is 13.1. The van der Waals surface area contributed by atoms with Gasteiger partial charge in [0.2, 0.25) is 0 Å². The lowest BCUT2D eigenvalue weighted by molar-refractivity contribution is 0.0240. The van der Waals surface area contributed by atoms with Crippen molar-refractivity contribution in [2.75, 3.05) is 36.4 Å². The standard InChI is InChI=1S/C23H25FN4O3/c1-23(2,3)31-22(30)28-13-11-27(12-14-28)20-6-4-5-19(18(20)15-25)26-21(29)16-7-9-17(24)10-8-16/h4-10H,11-14H2,1-3H3,(H,26,29). The largest absolute Gasteiger partial charge is 0.444 e. The Labute approximate surface area is 181 Å². The van der Waals surface area contributed by atoms with Crippen LogP contribution in [0.4, 0.5) is 20.6 Å². The molecule has 0 atom stereocenters. The van der Waals surface area contributed by atoms with Crippen molar-refractivity contribution in [3.8, 4) is 6.07 Å². The first-order chi connectivity index (χ1) is 14.7. The van der Waals surface area contributed by atoms with Crippen molar-refractivity contribution in [3.05, 3.63) is 59.4 Å². The first-order valence-electron chi connectivity index (χ1n) is 10.0. The van der Waals surface area contributed by atoms with Crippen LogP contribution < -0.4 is 10.2 Å². The summed E-state index contributed by atoms with van der Waals surface area (Å²) in [7, 11) is 0. The van der Waals surface area contributed by atoms with Gasteiger partial charge in [0.1, 0.15) is 17.5 Å². The van der Waals surface area contributed by atoms with E-state index in [1.807, 2.05) is 31.7 Å². The van der Waals surface area contributed by atoms with Crippen LogP contribution in [-0.2, 0) is 4.74 Å². The van der Waals surface area contributed by atoms with Crippen LogP contribution in [0.1, 0.15) is 36.7 Å². The Balaban J connectivity index is 1.72. The van der Waals surface area contributed by atoms with Crippen LogP contribution in [0.25, 0.3) is 0 Å². The molecule has 1 aliphatic heterocycles. The molecular weight excluding hydrogens is 399 g/mol. The smallest absolute Gasteiger partial charge is 0.410 e. The van der Waals surface area contributed by atoms with Crippen molar-refractivity contribution in [2.45, 2.75) is 26.4 Å². The Morgan fingerprint density at radius 3 is 2.29 bits per heavy atom. The average molecular weight is 424 g/mol. The Morgan fingerprint density at radius 1 is 1.06 bits per heavy atom. The molecule has 2 aromatic rings. The van der Waals surface area contributed by atoms with Crippen LogP contribution in [0.3, 0.4) is 0 Å². The molecule has 1 N–H and O–H groups in total. The van der Waals surface area contributed by atoms with Gasteiger partial charge < -0.3 is 19.9 Å². The van der Waals surface area contributed by atoms with Crippen LogP contribution in [-0.4, -0.2) is 48.7 Å². The highest BCUT2D eigenvalue weighted by atomic mass is 19.1. The fraction of sp³-hybridized carbons (Fsp3) is 0.348. The molecule has 162 valence electrons. The number of carbonyl (C=O) groups is 2. The fourth-order valence-electron chi connectivity index (χ4n) is 3.28. The Bertz CT molecular complexity index is 1000. The molecule has 0 radical (unpaired) electrons. The molecule has 1 fully saturated rings. The van der Waals surface area contributed by atoms with Gasteiger partial charge in [0.25, 0.3) is 5.91 Å². The molecule has 2 amide bonds. The number of hydrogen-bond donors (Lipinski definition) is 1. The second-order valence-corrected chi connectivity index (χ2v) is 8.23. The maximum absolute atomic E-state index is 13.1. The first kappa shape index (κ1) is 22.1. The number of nitrogens with zero attached hydrogens (tertiary/aromatic N) is 3. The number of anilines is 2. The fourth-order valence-corrected chi connectivity index (χ4v) is 3.28. The van der Waals surface area contributed by atoms with Gasteiger partial charge in [-0.05, 0) is 57.2 Å². The van der Waals surface area contributed by atoms with E-state index in [4.69, 9.17) is 4.74 Å². The van der Waals surface area contributed by atoms with Crippen molar-refractivity contribution >= 4 is 23.4 Å². The predicted molar refractivity (Wildman–Crippen MR) is 116 cm³/mol. The first-order valence-corrected chi connectivity index (χ1v) is 10.0. The monoisotopic (exact) mass is 424 g/mol. The molecule has 0 spiro atoms. The highest BCUT2D eigenvalue weighted by Gasteiger charge is 2.27. The number of ether oxygens (including phenoxy) is 1. The molecule has 0 bridgehead atoms. The number of nitrogens with one attached hydrogen (secondary N) is 1. The summed E-state index contributed by atoms with van der Waals surface area (Å²) in [5.74, 6) is -0.856. The Hall–Kier alpha value is -3.60. The second kappa shape index (κ2) is 9.04. The zero-order chi connectivity index (χ0) is 22.6. The minimum atomic E-state index is -0.556. The molecule has 3 rings (SSSR count). The number of nitriles is 1. The van der Waals surface area contributed by atoms with Crippen LogP contribution in [0.15, 0.2) is 42.5 Å². The number of halogens is 1. The quantitative estimate of drug-likeness (QED) is 0.805. The molecular formula is C23H25FN4O3. The molecule has 0 aromatic heterocycles. The number of hydrogen-bond acceptors (Lipinski definition) is 5. The van der Waals surface area contributed by atoms with Crippen LogP contribution in [0.2, 0.25) is 0 Å². The summed E-state index contributed by atoms with van der Waals surface area (Å²) < 4.78 is 18.5. The lowest BCUT2D eigenvalue weighted by Gasteiger charge is -2.37. The van der Waals surface area contributed by atoms with Gasteiger partial charge in [0, 0.05) is 31.7 Å². The summed E-state index contributed by atoms with van der Waals surface area (Å²) in [5, 5.41) is 12.5.